The van der Waals surface area contributed by atoms with E-state index in [1.165, 1.54) is 0 Å². The second-order valence-electron chi connectivity index (χ2n) is 4.83. The van der Waals surface area contributed by atoms with Crippen LogP contribution in [-0.2, 0) is 6.54 Å². The summed E-state index contributed by atoms with van der Waals surface area (Å²) in [6, 6.07) is 7.60. The largest absolute Gasteiger partial charge is 0.341 e. The summed E-state index contributed by atoms with van der Waals surface area (Å²) in [7, 11) is 0. The van der Waals surface area contributed by atoms with Gasteiger partial charge < -0.3 is 4.57 Å². The third-order valence-corrected chi connectivity index (χ3v) is 3.07. The van der Waals surface area contributed by atoms with Gasteiger partial charge >= 0.3 is 0 Å². The molecular formula is C17H18N2O. The molecule has 1 aromatic carbocycles. The number of hydrogen-bond donors (Lipinski definition) is 0. The second-order valence-corrected chi connectivity index (χ2v) is 4.83. The molecule has 0 N–H and O–H groups in total. The molecule has 3 heteroatoms. The molecule has 0 spiro atoms. The first-order valence-electron chi connectivity index (χ1n) is 6.47. The summed E-state index contributed by atoms with van der Waals surface area (Å²) in [4.78, 5) is 16.5. The number of pyridine rings is 1. The number of hydrogen-bond acceptors (Lipinski definition) is 2. The smallest absolute Gasteiger partial charge is 0.192 e. The van der Waals surface area contributed by atoms with E-state index >= 15 is 0 Å². The van der Waals surface area contributed by atoms with Crippen LogP contribution in [0.25, 0.3) is 10.9 Å². The number of fused-ring (bicyclic) bond motifs is 1. The van der Waals surface area contributed by atoms with Crippen molar-refractivity contribution in [3.63, 3.8) is 0 Å². The first-order valence-corrected chi connectivity index (χ1v) is 6.47. The predicted octanol–water partition coefficient (Wildman–Crippen LogP) is 3.47. The molecule has 1 aromatic heterocycles. The van der Waals surface area contributed by atoms with Crippen molar-refractivity contribution in [2.24, 2.45) is 4.99 Å². The molecule has 1 heterocycles. The normalized spacial score (nSPS) is 11.6. The first-order chi connectivity index (χ1) is 9.52. The lowest BCUT2D eigenvalue weighted by atomic mass is 10.1. The van der Waals surface area contributed by atoms with Crippen molar-refractivity contribution >= 4 is 16.6 Å². The van der Waals surface area contributed by atoms with Gasteiger partial charge in [-0.3, -0.25) is 9.79 Å². The minimum atomic E-state index is 0.0776. The minimum absolute atomic E-state index is 0.0776. The lowest BCUT2D eigenvalue weighted by Gasteiger charge is -2.12. The van der Waals surface area contributed by atoms with Gasteiger partial charge in [-0.2, -0.15) is 0 Å². The molecule has 2 aromatic rings. The second kappa shape index (κ2) is 5.70. The van der Waals surface area contributed by atoms with Crippen LogP contribution in [0.3, 0.4) is 0 Å². The molecule has 3 nitrogen and oxygen atoms in total. The van der Waals surface area contributed by atoms with E-state index < -0.39 is 0 Å². The van der Waals surface area contributed by atoms with E-state index in [1.807, 2.05) is 48.9 Å². The zero-order chi connectivity index (χ0) is 14.7. The molecule has 0 bridgehead atoms. The van der Waals surface area contributed by atoms with E-state index in [1.54, 1.807) is 6.08 Å². The summed E-state index contributed by atoms with van der Waals surface area (Å²) in [6.45, 7) is 11.8. The van der Waals surface area contributed by atoms with Gasteiger partial charge in [-0.25, -0.2) is 0 Å². The number of rotatable bonds is 4. The maximum Gasteiger partial charge on any atom is 0.192 e. The van der Waals surface area contributed by atoms with Gasteiger partial charge in [-0.1, -0.05) is 25.3 Å². The van der Waals surface area contributed by atoms with Crippen LogP contribution < -0.4 is 5.43 Å². The molecule has 0 saturated carbocycles. The van der Waals surface area contributed by atoms with Gasteiger partial charge in [0.2, 0.25) is 0 Å². The maximum atomic E-state index is 12.1. The van der Waals surface area contributed by atoms with Gasteiger partial charge in [-0.05, 0) is 32.1 Å². The Labute approximate surface area is 118 Å². The summed E-state index contributed by atoms with van der Waals surface area (Å²) in [5.41, 5.74) is 3.27. The fourth-order valence-electron chi connectivity index (χ4n) is 2.19. The third kappa shape index (κ3) is 2.77. The number of para-hydroxylation sites is 1. The molecule has 20 heavy (non-hydrogen) atoms. The summed E-state index contributed by atoms with van der Waals surface area (Å²) in [5.74, 6) is 0. The Kier molecular flexibility index (Phi) is 3.99. The van der Waals surface area contributed by atoms with Crippen molar-refractivity contribution in [3.8, 4) is 0 Å². The number of aromatic nitrogens is 1. The van der Waals surface area contributed by atoms with Crippen LogP contribution in [0.4, 0.5) is 0 Å². The summed E-state index contributed by atoms with van der Waals surface area (Å²) < 4.78 is 2.02. The van der Waals surface area contributed by atoms with E-state index in [-0.39, 0.29) is 5.43 Å². The predicted molar refractivity (Wildman–Crippen MR) is 85.4 cm³/mol. The molecule has 0 radical (unpaired) electrons. The van der Waals surface area contributed by atoms with Crippen molar-refractivity contribution in [3.05, 3.63) is 71.2 Å². The minimum Gasteiger partial charge on any atom is -0.341 e. The van der Waals surface area contributed by atoms with Crippen LogP contribution in [-0.4, -0.2) is 10.3 Å². The monoisotopic (exact) mass is 266 g/mol. The topological polar surface area (TPSA) is 34.4 Å². The highest BCUT2D eigenvalue weighted by atomic mass is 16.1. The average Bonchev–Trinajstić information content (AvgIpc) is 2.43. The van der Waals surface area contributed by atoms with Crippen LogP contribution in [0.15, 0.2) is 65.2 Å². The molecule has 0 amide bonds. The van der Waals surface area contributed by atoms with E-state index in [9.17, 15) is 4.79 Å². The Morgan fingerprint density at radius 1 is 1.40 bits per heavy atom. The molecule has 2 rings (SSSR count). The Morgan fingerprint density at radius 3 is 2.75 bits per heavy atom. The fourth-order valence-corrected chi connectivity index (χ4v) is 2.19. The van der Waals surface area contributed by atoms with Gasteiger partial charge in [0.15, 0.2) is 5.43 Å². The molecule has 0 saturated heterocycles. The molecule has 0 unspecified atom stereocenters. The summed E-state index contributed by atoms with van der Waals surface area (Å²) in [5, 5.41) is 0.728. The lowest BCUT2D eigenvalue weighted by molar-refractivity contribution is 0.875. The number of benzene rings is 1. The molecule has 0 fully saturated rings. The van der Waals surface area contributed by atoms with Crippen LogP contribution in [0.5, 0.6) is 0 Å². The van der Waals surface area contributed by atoms with Gasteiger partial charge in [-0.15, -0.1) is 0 Å². The Bertz CT molecular complexity index is 766. The van der Waals surface area contributed by atoms with Crippen LogP contribution >= 0.6 is 0 Å². The first kappa shape index (κ1) is 14.0. The molecule has 102 valence electrons. The molecule has 0 aliphatic rings. The standard InChI is InChI=1S/C17H18N2O/c1-5-14(18-12(2)3)11-19-10-13(4)17(20)15-8-6-7-9-16(15)19/h5-10H,1-2,11H2,3-4H3. The van der Waals surface area contributed by atoms with Crippen molar-refractivity contribution in [1.29, 1.82) is 0 Å². The summed E-state index contributed by atoms with van der Waals surface area (Å²) in [6.07, 6.45) is 3.58. The molecule has 0 aliphatic heterocycles. The fraction of sp³-hybridized carbons (Fsp3) is 0.176. The van der Waals surface area contributed by atoms with Crippen molar-refractivity contribution < 1.29 is 0 Å². The quantitative estimate of drug-likeness (QED) is 0.780. The Balaban J connectivity index is 2.61. The van der Waals surface area contributed by atoms with Crippen molar-refractivity contribution in [1.82, 2.24) is 4.57 Å². The highest BCUT2D eigenvalue weighted by molar-refractivity contribution is 5.95. The van der Waals surface area contributed by atoms with Crippen molar-refractivity contribution in [2.75, 3.05) is 0 Å². The van der Waals surface area contributed by atoms with E-state index in [0.29, 0.717) is 6.54 Å². The van der Waals surface area contributed by atoms with E-state index in [0.717, 1.165) is 27.9 Å². The SMILES string of the molecule is C=CC(Cn1cc(C)c(=O)c2ccccc21)=NC(=C)C. The zero-order valence-corrected chi connectivity index (χ0v) is 11.9. The maximum absolute atomic E-state index is 12.1. The highest BCUT2D eigenvalue weighted by Gasteiger charge is 2.06. The van der Waals surface area contributed by atoms with Gasteiger partial charge in [0.05, 0.1) is 17.8 Å². The van der Waals surface area contributed by atoms with Crippen LogP contribution in [0, 0.1) is 6.92 Å². The molecule has 0 atom stereocenters. The number of nitrogens with zero attached hydrogens (tertiary/aromatic N) is 2. The highest BCUT2D eigenvalue weighted by Crippen LogP contribution is 2.12. The average molecular weight is 266 g/mol. The van der Waals surface area contributed by atoms with Crippen LogP contribution in [0.2, 0.25) is 0 Å². The molecular weight excluding hydrogens is 248 g/mol. The molecule has 0 aliphatic carbocycles. The van der Waals surface area contributed by atoms with Gasteiger partial charge in [0.1, 0.15) is 0 Å². The van der Waals surface area contributed by atoms with Crippen LogP contribution in [0.1, 0.15) is 12.5 Å². The Hall–Kier alpha value is -2.42. The lowest BCUT2D eigenvalue weighted by Crippen LogP contribution is -2.15. The number of aryl methyl sites for hydroxylation is 1. The van der Waals surface area contributed by atoms with Gasteiger partial charge in [0, 0.05) is 22.8 Å². The zero-order valence-electron chi connectivity index (χ0n) is 11.9. The number of aliphatic imine (C=N–C) groups is 1. The van der Waals surface area contributed by atoms with Gasteiger partial charge in [0.25, 0.3) is 0 Å². The van der Waals surface area contributed by atoms with Crippen molar-refractivity contribution in [2.45, 2.75) is 20.4 Å². The summed E-state index contributed by atoms with van der Waals surface area (Å²) >= 11 is 0. The van der Waals surface area contributed by atoms with E-state index in [4.69, 9.17) is 0 Å². The Morgan fingerprint density at radius 2 is 2.10 bits per heavy atom. The number of allylic oxidation sites excluding steroid dienone is 2. The van der Waals surface area contributed by atoms with E-state index in [2.05, 4.69) is 18.2 Å². The third-order valence-electron chi connectivity index (χ3n) is 3.07.